The summed E-state index contributed by atoms with van der Waals surface area (Å²) in [5.41, 5.74) is 2.64. The van der Waals surface area contributed by atoms with Crippen LogP contribution >= 0.6 is 18.8 Å². The number of rotatable bonds is 16. The Labute approximate surface area is 290 Å². The van der Waals surface area contributed by atoms with E-state index in [1.807, 2.05) is 19.9 Å². The minimum absolute atomic E-state index is 0. The van der Waals surface area contributed by atoms with Gasteiger partial charge >= 0.3 is 41.3 Å². The summed E-state index contributed by atoms with van der Waals surface area (Å²) in [6, 6.07) is 1.96. The van der Waals surface area contributed by atoms with Gasteiger partial charge in [0, 0.05) is 11.5 Å². The van der Waals surface area contributed by atoms with Gasteiger partial charge in [-0.05, 0) is 87.8 Å². The predicted molar refractivity (Wildman–Crippen MR) is 180 cm³/mol. The molecule has 0 fully saturated rings. The first-order valence-electron chi connectivity index (χ1n) is 15.9. The molecule has 0 unspecified atom stereocenters. The van der Waals surface area contributed by atoms with Gasteiger partial charge in [-0.25, -0.2) is 0 Å². The molecule has 268 valence electrons. The average molecular weight is 861 g/mol. The number of ether oxygens (including phenoxy) is 2. The SMILES string of the molecule is CC[O-].Cc1cc2c(c(C)c1OC(=O)CCC(=O)[O-])CC[C@@](C)(CCC[C@H](C)CCC[C@H](C)CCCC(C)C)O2.N.N.[Cl][Pt+2][Cl]. The van der Waals surface area contributed by atoms with Gasteiger partial charge in [0.05, 0.1) is 6.42 Å². The minimum atomic E-state index is -1.25. The molecule has 45 heavy (non-hydrogen) atoms. The second kappa shape index (κ2) is 27.1. The number of halogens is 2. The summed E-state index contributed by atoms with van der Waals surface area (Å²) < 4.78 is 12.1. The van der Waals surface area contributed by atoms with Crippen LogP contribution in [0, 0.1) is 31.6 Å². The second-order valence-corrected chi connectivity index (χ2v) is 16.0. The third-order valence-corrected chi connectivity index (χ3v) is 8.08. The number of carboxylic acids is 1. The van der Waals surface area contributed by atoms with Gasteiger partial charge in [-0.3, -0.25) is 4.79 Å². The maximum absolute atomic E-state index is 12.1. The molecule has 0 saturated carbocycles. The Bertz CT molecular complexity index is 952. The number of aryl methyl sites for hydroxylation is 1. The number of carbonyl (C=O) groups is 2. The molecule has 1 aromatic rings. The third kappa shape index (κ3) is 21.6. The molecule has 0 spiro atoms. The molecule has 2 rings (SSSR count). The molecule has 1 heterocycles. The Hall–Kier alpha value is -0.892. The zero-order chi connectivity index (χ0) is 33.0. The fourth-order valence-corrected chi connectivity index (χ4v) is 5.58. The van der Waals surface area contributed by atoms with Crippen molar-refractivity contribution in [3.8, 4) is 11.5 Å². The van der Waals surface area contributed by atoms with Gasteiger partial charge in [-0.2, -0.15) is 0 Å². The van der Waals surface area contributed by atoms with Crippen molar-refractivity contribution >= 4 is 30.8 Å². The zero-order valence-corrected chi connectivity index (χ0v) is 32.9. The molecular formula is C34H62Cl2N2O6Pt. The number of hydrogen-bond donors (Lipinski definition) is 2. The molecular weight excluding hydrogens is 798 g/mol. The monoisotopic (exact) mass is 859 g/mol. The molecule has 1 aliphatic rings. The fraction of sp³-hybridized carbons (Fsp3) is 0.765. The summed E-state index contributed by atoms with van der Waals surface area (Å²) in [6.07, 6.45) is 12.8. The van der Waals surface area contributed by atoms with Crippen molar-refractivity contribution in [1.82, 2.24) is 12.3 Å². The fourth-order valence-electron chi connectivity index (χ4n) is 5.58. The van der Waals surface area contributed by atoms with Crippen LogP contribution in [-0.4, -0.2) is 24.1 Å². The second-order valence-electron chi connectivity index (χ2n) is 12.7. The van der Waals surface area contributed by atoms with Crippen LogP contribution in [-0.2, 0) is 32.5 Å². The molecule has 11 heteroatoms. The van der Waals surface area contributed by atoms with Crippen LogP contribution in [0.15, 0.2) is 6.07 Å². The predicted octanol–water partition coefficient (Wildman–Crippen LogP) is 8.33. The number of hydrogen-bond acceptors (Lipinski definition) is 8. The molecule has 8 nitrogen and oxygen atoms in total. The van der Waals surface area contributed by atoms with Crippen molar-refractivity contribution < 1.29 is 45.8 Å². The normalized spacial score (nSPS) is 16.3. The van der Waals surface area contributed by atoms with Crippen LogP contribution in [0.4, 0.5) is 0 Å². The van der Waals surface area contributed by atoms with Crippen LogP contribution < -0.4 is 32.0 Å². The third-order valence-electron chi connectivity index (χ3n) is 8.08. The van der Waals surface area contributed by atoms with E-state index < -0.39 is 28.4 Å². The first-order chi connectivity index (χ1) is 20.2. The molecule has 1 aliphatic heterocycles. The van der Waals surface area contributed by atoms with Crippen LogP contribution in [0.1, 0.15) is 135 Å². The average Bonchev–Trinajstić information content (AvgIpc) is 2.90. The van der Waals surface area contributed by atoms with E-state index in [0.717, 1.165) is 59.5 Å². The van der Waals surface area contributed by atoms with Gasteiger partial charge in [0.2, 0.25) is 0 Å². The van der Waals surface area contributed by atoms with Gasteiger partial charge in [0.1, 0.15) is 17.1 Å². The molecule has 0 aliphatic carbocycles. The van der Waals surface area contributed by atoms with Gasteiger partial charge in [-0.1, -0.05) is 79.6 Å². The summed E-state index contributed by atoms with van der Waals surface area (Å²) >= 11 is -0.472. The molecule has 0 saturated heterocycles. The molecule has 0 aromatic heterocycles. The molecule has 3 atom stereocenters. The molecule has 6 N–H and O–H groups in total. The maximum atomic E-state index is 12.1. The van der Waals surface area contributed by atoms with Crippen molar-refractivity contribution in [3.63, 3.8) is 0 Å². The topological polar surface area (TPSA) is 169 Å². The number of aliphatic carboxylic acids is 1. The van der Waals surface area contributed by atoms with E-state index in [1.54, 1.807) is 6.92 Å². The van der Waals surface area contributed by atoms with Gasteiger partial charge in [0.15, 0.2) is 0 Å². The molecule has 1 aromatic carbocycles. The van der Waals surface area contributed by atoms with Crippen LogP contribution in [0.3, 0.4) is 0 Å². The molecule has 0 radical (unpaired) electrons. The van der Waals surface area contributed by atoms with Crippen molar-refractivity contribution in [2.24, 2.45) is 17.8 Å². The van der Waals surface area contributed by atoms with E-state index in [0.29, 0.717) is 5.75 Å². The van der Waals surface area contributed by atoms with Crippen LogP contribution in [0.2, 0.25) is 0 Å². The first kappa shape index (κ1) is 48.5. The van der Waals surface area contributed by atoms with E-state index in [-0.39, 0.29) is 37.4 Å². The van der Waals surface area contributed by atoms with Gasteiger partial charge < -0.3 is 36.8 Å². The standard InChI is InChI=1S/C32H52O5.C2H5O.2ClH.2H3N.Pt/c1-22(2)11-8-12-23(3)13-9-14-24(4)15-10-19-32(7)20-18-27-26(6)31(25(5)21-28(27)37-32)36-30(35)17-16-29(33)34;1-2-3;;;;;/h21-24H,8-20H2,1-7H3,(H,33,34);2H2,1H3;2*1H;2*1H3;/q;-1;;;;;+4/p-3/t23-,24-,32-;;;;;;/m1....../s1. The molecule has 0 bridgehead atoms. The number of esters is 1. The summed E-state index contributed by atoms with van der Waals surface area (Å²) in [5.74, 6) is 2.03. The Balaban J connectivity index is -0.00000203. The Morgan fingerprint density at radius 1 is 0.978 bits per heavy atom. The van der Waals surface area contributed by atoms with Crippen molar-refractivity contribution in [1.29, 1.82) is 0 Å². The van der Waals surface area contributed by atoms with E-state index in [4.69, 9.17) is 33.4 Å². The molecule has 0 amide bonds. The number of carboxylic acid groups (broad SMARTS) is 1. The Morgan fingerprint density at radius 2 is 1.47 bits per heavy atom. The van der Waals surface area contributed by atoms with Gasteiger partial charge in [-0.15, -0.1) is 6.61 Å². The van der Waals surface area contributed by atoms with E-state index in [9.17, 15) is 14.7 Å². The van der Waals surface area contributed by atoms with Crippen LogP contribution in [0.5, 0.6) is 11.5 Å². The number of carbonyl (C=O) groups excluding carboxylic acids is 2. The first-order valence-corrected chi connectivity index (χ1v) is 21.5. The summed E-state index contributed by atoms with van der Waals surface area (Å²) in [6.45, 7) is 17.1. The number of fused-ring (bicyclic) bond motifs is 1. The number of benzene rings is 1. The van der Waals surface area contributed by atoms with Gasteiger partial charge in [0.25, 0.3) is 0 Å². The summed E-state index contributed by atoms with van der Waals surface area (Å²) in [5, 5.41) is 19.6. The van der Waals surface area contributed by atoms with E-state index in [1.165, 1.54) is 51.4 Å². The van der Waals surface area contributed by atoms with Crippen molar-refractivity contribution in [2.75, 3.05) is 6.61 Å². The zero-order valence-electron chi connectivity index (χ0n) is 29.1. The van der Waals surface area contributed by atoms with Crippen molar-refractivity contribution in [2.45, 2.75) is 144 Å². The van der Waals surface area contributed by atoms with Crippen molar-refractivity contribution in [3.05, 3.63) is 22.8 Å². The Morgan fingerprint density at radius 3 is 1.96 bits per heavy atom. The quantitative estimate of drug-likeness (QED) is 0.124. The Kier molecular flexibility index (Phi) is 29.2. The van der Waals surface area contributed by atoms with E-state index in [2.05, 4.69) is 34.6 Å². The van der Waals surface area contributed by atoms with Crippen LogP contribution in [0.25, 0.3) is 0 Å². The summed E-state index contributed by atoms with van der Waals surface area (Å²) in [7, 11) is 9.75. The summed E-state index contributed by atoms with van der Waals surface area (Å²) in [4.78, 5) is 22.7. The van der Waals surface area contributed by atoms with E-state index >= 15 is 0 Å².